The quantitative estimate of drug-likeness (QED) is 0.416. The van der Waals surface area contributed by atoms with Gasteiger partial charge in [0, 0.05) is 10.5 Å². The van der Waals surface area contributed by atoms with E-state index in [1.807, 2.05) is 13.1 Å². The number of halogens is 2. The van der Waals surface area contributed by atoms with E-state index < -0.39 is 0 Å². The number of hydrogen-bond donors (Lipinski definition) is 1. The molecular formula is C18H29BrClN. The number of unbranched alkanes of at least 4 members (excludes halogenated alkanes) is 7. The Morgan fingerprint density at radius 1 is 1.05 bits per heavy atom. The van der Waals surface area contributed by atoms with E-state index in [1.165, 1.54) is 63.4 Å². The molecule has 0 aromatic heterocycles. The van der Waals surface area contributed by atoms with Gasteiger partial charge in [0.05, 0.1) is 5.02 Å². The summed E-state index contributed by atoms with van der Waals surface area (Å²) in [6.07, 6.45) is 12.1. The molecule has 0 aliphatic carbocycles. The predicted molar refractivity (Wildman–Crippen MR) is 98.2 cm³/mol. The highest BCUT2D eigenvalue weighted by atomic mass is 79.9. The first-order chi connectivity index (χ1) is 10.2. The van der Waals surface area contributed by atoms with Gasteiger partial charge in [-0.05, 0) is 47.1 Å². The summed E-state index contributed by atoms with van der Waals surface area (Å²) in [5.41, 5.74) is 1.29. The molecule has 1 aromatic rings. The minimum atomic E-state index is 0.413. The van der Waals surface area contributed by atoms with Crippen LogP contribution in [-0.2, 0) is 0 Å². The molecule has 1 unspecified atom stereocenters. The van der Waals surface area contributed by atoms with Crippen molar-refractivity contribution in [2.24, 2.45) is 0 Å². The van der Waals surface area contributed by atoms with Gasteiger partial charge in [0.15, 0.2) is 0 Å². The zero-order valence-electron chi connectivity index (χ0n) is 13.4. The van der Waals surface area contributed by atoms with E-state index in [4.69, 9.17) is 11.6 Å². The molecule has 0 fully saturated rings. The van der Waals surface area contributed by atoms with Crippen LogP contribution in [0.15, 0.2) is 22.7 Å². The van der Waals surface area contributed by atoms with E-state index in [-0.39, 0.29) is 0 Å². The molecule has 0 amide bonds. The van der Waals surface area contributed by atoms with Crippen LogP contribution in [-0.4, -0.2) is 7.05 Å². The predicted octanol–water partition coefficient (Wildman–Crippen LogP) is 6.89. The third-order valence-electron chi connectivity index (χ3n) is 4.04. The van der Waals surface area contributed by atoms with E-state index in [1.54, 1.807) is 0 Å². The summed E-state index contributed by atoms with van der Waals surface area (Å²) in [6, 6.07) is 6.67. The highest BCUT2D eigenvalue weighted by Crippen LogP contribution is 2.28. The van der Waals surface area contributed by atoms with Crippen molar-refractivity contribution in [3.05, 3.63) is 33.3 Å². The first-order valence-corrected chi connectivity index (χ1v) is 9.48. The second kappa shape index (κ2) is 11.5. The van der Waals surface area contributed by atoms with Crippen molar-refractivity contribution in [1.82, 2.24) is 5.32 Å². The fourth-order valence-electron chi connectivity index (χ4n) is 2.69. The smallest absolute Gasteiger partial charge is 0.0551 e. The molecule has 0 aliphatic rings. The van der Waals surface area contributed by atoms with E-state index in [9.17, 15) is 0 Å². The molecule has 1 aromatic carbocycles. The van der Waals surface area contributed by atoms with Gasteiger partial charge in [-0.1, -0.05) is 76.0 Å². The van der Waals surface area contributed by atoms with Crippen LogP contribution in [0, 0.1) is 0 Å². The summed E-state index contributed by atoms with van der Waals surface area (Å²) in [5.74, 6) is 0. The van der Waals surface area contributed by atoms with Crippen LogP contribution in [0.1, 0.15) is 76.3 Å². The van der Waals surface area contributed by atoms with Crippen LogP contribution in [0.25, 0.3) is 0 Å². The van der Waals surface area contributed by atoms with Gasteiger partial charge in [0.2, 0.25) is 0 Å². The Morgan fingerprint density at radius 2 is 1.67 bits per heavy atom. The molecule has 0 bridgehead atoms. The van der Waals surface area contributed by atoms with Crippen LogP contribution in [0.4, 0.5) is 0 Å². The standard InChI is InChI=1S/C18H29BrClN/c1-3-4-5-6-7-8-9-10-11-18(21-2)15-12-13-16(19)17(20)14-15/h12-14,18,21H,3-11H2,1-2H3. The summed E-state index contributed by atoms with van der Waals surface area (Å²) >= 11 is 9.63. The second-order valence-electron chi connectivity index (χ2n) is 5.78. The van der Waals surface area contributed by atoms with Crippen molar-refractivity contribution in [2.45, 2.75) is 70.8 Å². The fraction of sp³-hybridized carbons (Fsp3) is 0.667. The van der Waals surface area contributed by atoms with Gasteiger partial charge in [-0.15, -0.1) is 0 Å². The molecule has 1 N–H and O–H groups in total. The third kappa shape index (κ3) is 7.67. The minimum absolute atomic E-state index is 0.413. The lowest BCUT2D eigenvalue weighted by molar-refractivity contribution is 0.494. The van der Waals surface area contributed by atoms with E-state index in [0.29, 0.717) is 6.04 Å². The number of rotatable bonds is 11. The molecule has 1 atom stereocenters. The Labute approximate surface area is 144 Å². The maximum absolute atomic E-state index is 6.18. The Bertz CT molecular complexity index is 395. The lowest BCUT2D eigenvalue weighted by Gasteiger charge is -2.17. The molecular weight excluding hydrogens is 346 g/mol. The van der Waals surface area contributed by atoms with Gasteiger partial charge in [0.1, 0.15) is 0 Å². The van der Waals surface area contributed by atoms with Crippen LogP contribution in [0.3, 0.4) is 0 Å². The average Bonchev–Trinajstić information content (AvgIpc) is 2.49. The Morgan fingerprint density at radius 3 is 2.24 bits per heavy atom. The molecule has 0 saturated carbocycles. The molecule has 0 heterocycles. The van der Waals surface area contributed by atoms with Crippen LogP contribution >= 0.6 is 27.5 Å². The maximum atomic E-state index is 6.18. The second-order valence-corrected chi connectivity index (χ2v) is 7.04. The highest BCUT2D eigenvalue weighted by molar-refractivity contribution is 9.10. The summed E-state index contributed by atoms with van der Waals surface area (Å²) in [7, 11) is 2.03. The molecule has 1 rings (SSSR count). The molecule has 21 heavy (non-hydrogen) atoms. The average molecular weight is 375 g/mol. The topological polar surface area (TPSA) is 12.0 Å². The first kappa shape index (κ1) is 19.0. The molecule has 0 saturated heterocycles. The van der Waals surface area contributed by atoms with Crippen molar-refractivity contribution < 1.29 is 0 Å². The van der Waals surface area contributed by atoms with Crippen molar-refractivity contribution in [3.63, 3.8) is 0 Å². The van der Waals surface area contributed by atoms with E-state index in [2.05, 4.69) is 40.3 Å². The monoisotopic (exact) mass is 373 g/mol. The van der Waals surface area contributed by atoms with E-state index >= 15 is 0 Å². The lowest BCUT2D eigenvalue weighted by atomic mass is 9.99. The van der Waals surface area contributed by atoms with E-state index in [0.717, 1.165) is 9.50 Å². The van der Waals surface area contributed by atoms with Crippen LogP contribution < -0.4 is 5.32 Å². The largest absolute Gasteiger partial charge is 0.313 e. The highest BCUT2D eigenvalue weighted by Gasteiger charge is 2.10. The summed E-state index contributed by atoms with van der Waals surface area (Å²) < 4.78 is 0.967. The van der Waals surface area contributed by atoms with Gasteiger partial charge in [-0.3, -0.25) is 0 Å². The molecule has 0 aliphatic heterocycles. The Hall–Kier alpha value is -0.0500. The van der Waals surface area contributed by atoms with Gasteiger partial charge >= 0.3 is 0 Å². The Kier molecular flexibility index (Phi) is 10.4. The van der Waals surface area contributed by atoms with Crippen molar-refractivity contribution in [2.75, 3.05) is 7.05 Å². The molecule has 0 spiro atoms. The SMILES string of the molecule is CCCCCCCCCCC(NC)c1ccc(Br)c(Cl)c1. The maximum Gasteiger partial charge on any atom is 0.0551 e. The van der Waals surface area contributed by atoms with Crippen LogP contribution in [0.5, 0.6) is 0 Å². The van der Waals surface area contributed by atoms with Crippen molar-refractivity contribution in [1.29, 1.82) is 0 Å². The zero-order chi connectivity index (χ0) is 15.5. The Balaban J connectivity index is 2.23. The molecule has 1 nitrogen and oxygen atoms in total. The van der Waals surface area contributed by atoms with Crippen molar-refractivity contribution in [3.8, 4) is 0 Å². The fourth-order valence-corrected chi connectivity index (χ4v) is 3.12. The first-order valence-electron chi connectivity index (χ1n) is 8.31. The van der Waals surface area contributed by atoms with Gasteiger partial charge in [-0.2, -0.15) is 0 Å². The summed E-state index contributed by atoms with van der Waals surface area (Å²) in [6.45, 7) is 2.27. The molecule has 3 heteroatoms. The van der Waals surface area contributed by atoms with Gasteiger partial charge in [0.25, 0.3) is 0 Å². The minimum Gasteiger partial charge on any atom is -0.313 e. The lowest BCUT2D eigenvalue weighted by Crippen LogP contribution is -2.16. The number of hydrogen-bond acceptors (Lipinski definition) is 1. The summed E-state index contributed by atoms with van der Waals surface area (Å²) in [5, 5.41) is 4.20. The molecule has 120 valence electrons. The number of benzene rings is 1. The van der Waals surface area contributed by atoms with Gasteiger partial charge < -0.3 is 5.32 Å². The summed E-state index contributed by atoms with van der Waals surface area (Å²) in [4.78, 5) is 0. The molecule has 0 radical (unpaired) electrons. The van der Waals surface area contributed by atoms with Gasteiger partial charge in [-0.25, -0.2) is 0 Å². The number of nitrogens with one attached hydrogen (secondary N) is 1. The third-order valence-corrected chi connectivity index (χ3v) is 5.27. The van der Waals surface area contributed by atoms with Crippen LogP contribution in [0.2, 0.25) is 5.02 Å². The zero-order valence-corrected chi connectivity index (χ0v) is 15.8. The van der Waals surface area contributed by atoms with Crippen molar-refractivity contribution >= 4 is 27.5 Å². The normalized spacial score (nSPS) is 12.6.